The Morgan fingerprint density at radius 1 is 1.27 bits per heavy atom. The number of nitrogens with zero attached hydrogens (tertiary/aromatic N) is 1. The lowest BCUT2D eigenvalue weighted by Gasteiger charge is -2.33. The van der Waals surface area contributed by atoms with Crippen LogP contribution in [0.25, 0.3) is 0 Å². The van der Waals surface area contributed by atoms with E-state index >= 15 is 0 Å². The van der Waals surface area contributed by atoms with Crippen LogP contribution in [0.2, 0.25) is 0 Å². The second-order valence-corrected chi connectivity index (χ2v) is 5.90. The molecule has 1 aromatic carbocycles. The predicted molar refractivity (Wildman–Crippen MR) is 89.7 cm³/mol. The van der Waals surface area contributed by atoms with Gasteiger partial charge in [0, 0.05) is 18.5 Å². The van der Waals surface area contributed by atoms with Gasteiger partial charge in [-0.1, -0.05) is 30.3 Å². The van der Waals surface area contributed by atoms with E-state index in [9.17, 15) is 9.90 Å². The molecule has 22 heavy (non-hydrogen) atoms. The first-order valence-corrected chi connectivity index (χ1v) is 7.55. The van der Waals surface area contributed by atoms with E-state index in [1.807, 2.05) is 30.3 Å². The second-order valence-electron chi connectivity index (χ2n) is 5.90. The van der Waals surface area contributed by atoms with Crippen LogP contribution in [0.15, 0.2) is 30.3 Å². The van der Waals surface area contributed by atoms with Gasteiger partial charge in [-0.3, -0.25) is 4.79 Å². The van der Waals surface area contributed by atoms with Crippen molar-refractivity contribution in [2.24, 2.45) is 17.4 Å². The molecule has 6 heteroatoms. The number of rotatable bonds is 6. The van der Waals surface area contributed by atoms with Crippen molar-refractivity contribution in [2.45, 2.75) is 31.4 Å². The number of benzene rings is 1. The summed E-state index contributed by atoms with van der Waals surface area (Å²) in [5.74, 6) is -0.229. The molecule has 5 N–H and O–H groups in total. The molecule has 0 aromatic heterocycles. The van der Waals surface area contributed by atoms with E-state index in [1.165, 1.54) is 0 Å². The summed E-state index contributed by atoms with van der Waals surface area (Å²) >= 11 is 0. The SMILES string of the molecule is Cl.NC(=O)C1CCN(C[C@@H](O)[C@@H](N)Cc2ccccc2)CC1. The lowest BCUT2D eigenvalue weighted by molar-refractivity contribution is -0.123. The first kappa shape index (κ1) is 18.9. The van der Waals surface area contributed by atoms with Crippen LogP contribution in [0.3, 0.4) is 0 Å². The van der Waals surface area contributed by atoms with Crippen LogP contribution in [0.4, 0.5) is 0 Å². The van der Waals surface area contributed by atoms with Crippen molar-refractivity contribution < 1.29 is 9.90 Å². The number of primary amides is 1. The summed E-state index contributed by atoms with van der Waals surface area (Å²) in [5.41, 5.74) is 12.5. The zero-order valence-corrected chi connectivity index (χ0v) is 13.5. The summed E-state index contributed by atoms with van der Waals surface area (Å²) in [5, 5.41) is 10.2. The third-order valence-corrected chi connectivity index (χ3v) is 4.24. The largest absolute Gasteiger partial charge is 0.390 e. The van der Waals surface area contributed by atoms with E-state index in [2.05, 4.69) is 4.90 Å². The Kier molecular flexibility index (Phi) is 7.82. The summed E-state index contributed by atoms with van der Waals surface area (Å²) in [6.07, 6.45) is 1.65. The average molecular weight is 328 g/mol. The molecule has 1 aliphatic heterocycles. The molecular formula is C16H26ClN3O2. The zero-order valence-electron chi connectivity index (χ0n) is 12.7. The second kappa shape index (κ2) is 9.10. The summed E-state index contributed by atoms with van der Waals surface area (Å²) in [6, 6.07) is 9.68. The Morgan fingerprint density at radius 3 is 2.41 bits per heavy atom. The number of hydrogen-bond acceptors (Lipinski definition) is 4. The Bertz CT molecular complexity index is 450. The molecule has 0 saturated carbocycles. The van der Waals surface area contributed by atoms with Crippen molar-refractivity contribution in [3.8, 4) is 0 Å². The monoisotopic (exact) mass is 327 g/mol. The van der Waals surface area contributed by atoms with Gasteiger partial charge in [-0.2, -0.15) is 0 Å². The Balaban J connectivity index is 0.00000242. The summed E-state index contributed by atoms with van der Waals surface area (Å²) in [6.45, 7) is 2.14. The third-order valence-electron chi connectivity index (χ3n) is 4.24. The van der Waals surface area contributed by atoms with Gasteiger partial charge in [-0.15, -0.1) is 12.4 Å². The lowest BCUT2D eigenvalue weighted by atomic mass is 9.95. The lowest BCUT2D eigenvalue weighted by Crippen LogP contribution is -2.47. The minimum absolute atomic E-state index is 0. The van der Waals surface area contributed by atoms with Gasteiger partial charge in [0.15, 0.2) is 0 Å². The maximum absolute atomic E-state index is 11.1. The zero-order chi connectivity index (χ0) is 15.2. The number of likely N-dealkylation sites (tertiary alicyclic amines) is 1. The molecule has 0 spiro atoms. The minimum Gasteiger partial charge on any atom is -0.390 e. The molecule has 0 aliphatic carbocycles. The van der Waals surface area contributed by atoms with Crippen molar-refractivity contribution >= 4 is 18.3 Å². The fourth-order valence-electron chi connectivity index (χ4n) is 2.82. The molecule has 1 aliphatic rings. The molecule has 0 radical (unpaired) electrons. The first-order chi connectivity index (χ1) is 10.1. The summed E-state index contributed by atoms with van der Waals surface area (Å²) < 4.78 is 0. The fraction of sp³-hybridized carbons (Fsp3) is 0.562. The normalized spacial score (nSPS) is 19.2. The minimum atomic E-state index is -0.560. The number of nitrogens with two attached hydrogens (primary N) is 2. The predicted octanol–water partition coefficient (Wildman–Crippen LogP) is 0.536. The van der Waals surface area contributed by atoms with Gasteiger partial charge in [0.1, 0.15) is 0 Å². The Labute approximate surface area is 138 Å². The maximum Gasteiger partial charge on any atom is 0.220 e. The van der Waals surface area contributed by atoms with Crippen LogP contribution in [0.1, 0.15) is 18.4 Å². The molecule has 0 unspecified atom stereocenters. The molecule has 1 fully saturated rings. The molecule has 2 rings (SSSR count). The van der Waals surface area contributed by atoms with Gasteiger partial charge in [-0.05, 0) is 37.9 Å². The Morgan fingerprint density at radius 2 is 1.86 bits per heavy atom. The number of piperidine rings is 1. The molecule has 2 atom stereocenters. The smallest absolute Gasteiger partial charge is 0.220 e. The van der Waals surface area contributed by atoms with Crippen molar-refractivity contribution in [3.63, 3.8) is 0 Å². The van der Waals surface area contributed by atoms with E-state index in [0.29, 0.717) is 13.0 Å². The number of carbonyl (C=O) groups excluding carboxylic acids is 1. The van der Waals surface area contributed by atoms with E-state index in [4.69, 9.17) is 11.5 Å². The molecule has 124 valence electrons. The van der Waals surface area contributed by atoms with Gasteiger partial charge in [0.25, 0.3) is 0 Å². The summed E-state index contributed by atoms with van der Waals surface area (Å²) in [7, 11) is 0. The van der Waals surface area contributed by atoms with Gasteiger partial charge in [0.05, 0.1) is 6.10 Å². The highest BCUT2D eigenvalue weighted by Gasteiger charge is 2.25. The Hall–Kier alpha value is -1.14. The first-order valence-electron chi connectivity index (χ1n) is 7.55. The van der Waals surface area contributed by atoms with Crippen LogP contribution in [-0.4, -0.2) is 47.7 Å². The molecular weight excluding hydrogens is 302 g/mol. The maximum atomic E-state index is 11.1. The van der Waals surface area contributed by atoms with Crippen molar-refractivity contribution in [2.75, 3.05) is 19.6 Å². The van der Waals surface area contributed by atoms with Crippen LogP contribution in [-0.2, 0) is 11.2 Å². The molecule has 1 saturated heterocycles. The van der Waals surface area contributed by atoms with Gasteiger partial charge in [0.2, 0.25) is 5.91 Å². The highest BCUT2D eigenvalue weighted by molar-refractivity contribution is 5.85. The number of amides is 1. The van der Waals surface area contributed by atoms with E-state index < -0.39 is 6.10 Å². The van der Waals surface area contributed by atoms with Crippen LogP contribution in [0.5, 0.6) is 0 Å². The van der Waals surface area contributed by atoms with E-state index in [-0.39, 0.29) is 30.3 Å². The van der Waals surface area contributed by atoms with Crippen LogP contribution < -0.4 is 11.5 Å². The topological polar surface area (TPSA) is 92.6 Å². The summed E-state index contributed by atoms with van der Waals surface area (Å²) in [4.78, 5) is 13.3. The number of aliphatic hydroxyl groups is 1. The highest BCUT2D eigenvalue weighted by Crippen LogP contribution is 2.17. The number of carbonyl (C=O) groups is 1. The molecule has 1 heterocycles. The van der Waals surface area contributed by atoms with Crippen molar-refractivity contribution in [1.82, 2.24) is 4.90 Å². The van der Waals surface area contributed by atoms with E-state index in [0.717, 1.165) is 31.5 Å². The van der Waals surface area contributed by atoms with Crippen LogP contribution in [0, 0.1) is 5.92 Å². The molecule has 5 nitrogen and oxygen atoms in total. The number of aliphatic hydroxyl groups excluding tert-OH is 1. The highest BCUT2D eigenvalue weighted by atomic mass is 35.5. The fourth-order valence-corrected chi connectivity index (χ4v) is 2.82. The van der Waals surface area contributed by atoms with Crippen LogP contribution >= 0.6 is 12.4 Å². The van der Waals surface area contributed by atoms with Gasteiger partial charge >= 0.3 is 0 Å². The molecule has 0 bridgehead atoms. The van der Waals surface area contributed by atoms with E-state index in [1.54, 1.807) is 0 Å². The number of hydrogen-bond donors (Lipinski definition) is 3. The number of β-amino-alcohol motifs (C(OH)–C–C–N with tert-alkyl or cyclic N) is 1. The molecule has 1 aromatic rings. The number of halogens is 1. The van der Waals surface area contributed by atoms with Gasteiger partial charge < -0.3 is 21.5 Å². The average Bonchev–Trinajstić information content (AvgIpc) is 2.48. The van der Waals surface area contributed by atoms with Crippen molar-refractivity contribution in [3.05, 3.63) is 35.9 Å². The van der Waals surface area contributed by atoms with Crippen molar-refractivity contribution in [1.29, 1.82) is 0 Å². The standard InChI is InChI=1S/C16H25N3O2.ClH/c17-14(10-12-4-2-1-3-5-12)15(20)11-19-8-6-13(7-9-19)16(18)21;/h1-5,13-15,20H,6-11,17H2,(H2,18,21);1H/t14-,15+;/m0./s1. The molecule has 1 amide bonds. The quantitative estimate of drug-likeness (QED) is 0.711. The third kappa shape index (κ3) is 5.57. The van der Waals surface area contributed by atoms with Gasteiger partial charge in [-0.25, -0.2) is 0 Å².